The van der Waals surface area contributed by atoms with Crippen molar-refractivity contribution in [1.82, 2.24) is 0 Å². The number of carbonyl (C=O) groups excluding carboxylic acids is 1. The van der Waals surface area contributed by atoms with E-state index >= 15 is 0 Å². The summed E-state index contributed by atoms with van der Waals surface area (Å²) >= 11 is 17.1. The van der Waals surface area contributed by atoms with E-state index in [0.29, 0.717) is 0 Å². The first-order valence-electron chi connectivity index (χ1n) is 4.53. The van der Waals surface area contributed by atoms with Crippen molar-refractivity contribution in [3.63, 3.8) is 0 Å². The summed E-state index contributed by atoms with van der Waals surface area (Å²) in [7, 11) is 0. The van der Waals surface area contributed by atoms with Crippen LogP contribution < -0.4 is 0 Å². The van der Waals surface area contributed by atoms with Crippen molar-refractivity contribution in [3.05, 3.63) is 32.8 Å². The lowest BCUT2D eigenvalue weighted by Crippen LogP contribution is -2.20. The molecular weight excluding hydrogens is 315 g/mol. The van der Waals surface area contributed by atoms with E-state index in [-0.39, 0.29) is 20.6 Å². The maximum Gasteiger partial charge on any atom is 0.411 e. The molecule has 0 aliphatic heterocycles. The van der Waals surface area contributed by atoms with Crippen molar-refractivity contribution >= 4 is 40.6 Å². The standard InChI is InChI=1S/C10H6Cl3F3O2/c11-5-1-6(12)9(7(13)2-5)8(17)3-18-4-10(14,15)16/h1-2H,3-4H2. The number of rotatable bonds is 4. The molecule has 0 aliphatic rings. The van der Waals surface area contributed by atoms with E-state index in [1.807, 2.05) is 0 Å². The van der Waals surface area contributed by atoms with Gasteiger partial charge in [0.1, 0.15) is 13.2 Å². The highest BCUT2D eigenvalue weighted by Gasteiger charge is 2.28. The number of hydrogen-bond acceptors (Lipinski definition) is 2. The van der Waals surface area contributed by atoms with Gasteiger partial charge in [0.15, 0.2) is 5.78 Å². The molecule has 0 unspecified atom stereocenters. The minimum atomic E-state index is -4.49. The van der Waals surface area contributed by atoms with Crippen LogP contribution in [0.1, 0.15) is 10.4 Å². The highest BCUT2D eigenvalue weighted by atomic mass is 35.5. The van der Waals surface area contributed by atoms with E-state index in [9.17, 15) is 18.0 Å². The Balaban J connectivity index is 2.74. The predicted octanol–water partition coefficient (Wildman–Crippen LogP) is 4.41. The molecule has 18 heavy (non-hydrogen) atoms. The van der Waals surface area contributed by atoms with Gasteiger partial charge in [-0.1, -0.05) is 34.8 Å². The maximum atomic E-state index is 11.8. The molecule has 0 fully saturated rings. The van der Waals surface area contributed by atoms with E-state index in [0.717, 1.165) is 0 Å². The van der Waals surface area contributed by atoms with Gasteiger partial charge in [0, 0.05) is 5.02 Å². The molecular formula is C10H6Cl3F3O2. The number of alkyl halides is 3. The van der Waals surface area contributed by atoms with Gasteiger partial charge < -0.3 is 4.74 Å². The highest BCUT2D eigenvalue weighted by molar-refractivity contribution is 6.42. The van der Waals surface area contributed by atoms with Crippen LogP contribution in [-0.2, 0) is 4.74 Å². The molecule has 0 heterocycles. The van der Waals surface area contributed by atoms with Crippen LogP contribution in [0.3, 0.4) is 0 Å². The van der Waals surface area contributed by atoms with E-state index in [4.69, 9.17) is 34.8 Å². The summed E-state index contributed by atoms with van der Waals surface area (Å²) < 4.78 is 39.7. The third-order valence-electron chi connectivity index (χ3n) is 1.78. The fraction of sp³-hybridized carbons (Fsp3) is 0.300. The molecule has 0 radical (unpaired) electrons. The van der Waals surface area contributed by atoms with E-state index in [1.165, 1.54) is 12.1 Å². The lowest BCUT2D eigenvalue weighted by atomic mass is 10.1. The molecule has 0 spiro atoms. The summed E-state index contributed by atoms with van der Waals surface area (Å²) in [5, 5.41) is 0.152. The topological polar surface area (TPSA) is 26.3 Å². The lowest BCUT2D eigenvalue weighted by Gasteiger charge is -2.09. The van der Waals surface area contributed by atoms with Crippen molar-refractivity contribution in [1.29, 1.82) is 0 Å². The molecule has 0 saturated heterocycles. The molecule has 100 valence electrons. The van der Waals surface area contributed by atoms with Gasteiger partial charge in [0.05, 0.1) is 15.6 Å². The summed E-state index contributed by atoms with van der Waals surface area (Å²) in [4.78, 5) is 11.6. The van der Waals surface area contributed by atoms with Gasteiger partial charge in [-0.05, 0) is 12.1 Å². The number of ether oxygens (including phenoxy) is 1. The fourth-order valence-electron chi connectivity index (χ4n) is 1.14. The van der Waals surface area contributed by atoms with Gasteiger partial charge in [0.2, 0.25) is 0 Å². The molecule has 0 amide bonds. The van der Waals surface area contributed by atoms with Crippen molar-refractivity contribution in [3.8, 4) is 0 Å². The van der Waals surface area contributed by atoms with Crippen LogP contribution in [0.5, 0.6) is 0 Å². The number of benzene rings is 1. The maximum absolute atomic E-state index is 11.8. The Hall–Kier alpha value is -0.490. The van der Waals surface area contributed by atoms with Gasteiger partial charge in [-0.3, -0.25) is 4.79 Å². The van der Waals surface area contributed by atoms with Crippen molar-refractivity contribution in [2.24, 2.45) is 0 Å². The van der Waals surface area contributed by atoms with Gasteiger partial charge in [-0.25, -0.2) is 0 Å². The van der Waals surface area contributed by atoms with E-state index in [2.05, 4.69) is 4.74 Å². The van der Waals surface area contributed by atoms with Crippen LogP contribution in [0.4, 0.5) is 13.2 Å². The summed E-state index contributed by atoms with van der Waals surface area (Å²) in [5.41, 5.74) is -0.107. The van der Waals surface area contributed by atoms with Gasteiger partial charge in [-0.15, -0.1) is 0 Å². The molecule has 8 heteroatoms. The van der Waals surface area contributed by atoms with Crippen LogP contribution in [0.25, 0.3) is 0 Å². The van der Waals surface area contributed by atoms with Crippen LogP contribution in [0.2, 0.25) is 15.1 Å². The van der Waals surface area contributed by atoms with Crippen molar-refractivity contribution in [2.45, 2.75) is 6.18 Å². The van der Waals surface area contributed by atoms with Crippen LogP contribution in [-0.4, -0.2) is 25.2 Å². The monoisotopic (exact) mass is 320 g/mol. The molecule has 0 aliphatic carbocycles. The molecule has 2 nitrogen and oxygen atoms in total. The first-order chi connectivity index (χ1) is 8.20. The molecule has 1 rings (SSSR count). The number of Topliss-reactive ketones (excluding diaryl/α,β-unsaturated/α-hetero) is 1. The lowest BCUT2D eigenvalue weighted by molar-refractivity contribution is -0.170. The Labute approximate surface area is 116 Å². The van der Waals surface area contributed by atoms with Gasteiger partial charge >= 0.3 is 6.18 Å². The first-order valence-corrected chi connectivity index (χ1v) is 5.66. The molecule has 0 bridgehead atoms. The second kappa shape index (κ2) is 6.10. The van der Waals surface area contributed by atoms with Crippen LogP contribution in [0, 0.1) is 0 Å². The predicted molar refractivity (Wildman–Crippen MR) is 62.7 cm³/mol. The zero-order valence-corrected chi connectivity index (χ0v) is 10.9. The van der Waals surface area contributed by atoms with Crippen molar-refractivity contribution in [2.75, 3.05) is 13.2 Å². The fourth-order valence-corrected chi connectivity index (χ4v) is 2.17. The minimum absolute atomic E-state index is 0.0342. The average Bonchev–Trinajstić information content (AvgIpc) is 2.13. The number of halogens is 6. The smallest absolute Gasteiger partial charge is 0.364 e. The Bertz CT molecular complexity index is 437. The molecule has 1 aromatic carbocycles. The number of ketones is 1. The number of carbonyl (C=O) groups is 1. The first kappa shape index (κ1) is 15.6. The second-order valence-electron chi connectivity index (χ2n) is 3.28. The summed E-state index contributed by atoms with van der Waals surface area (Å²) in [6.07, 6.45) is -4.49. The Morgan fingerprint density at radius 1 is 1.17 bits per heavy atom. The molecule has 1 aromatic rings. The largest absolute Gasteiger partial charge is 0.411 e. The molecule has 0 N–H and O–H groups in total. The minimum Gasteiger partial charge on any atom is -0.364 e. The van der Waals surface area contributed by atoms with Crippen molar-refractivity contribution < 1.29 is 22.7 Å². The van der Waals surface area contributed by atoms with E-state index < -0.39 is 25.2 Å². The van der Waals surface area contributed by atoms with Crippen LogP contribution >= 0.6 is 34.8 Å². The average molecular weight is 322 g/mol. The normalized spacial score (nSPS) is 11.7. The van der Waals surface area contributed by atoms with Gasteiger partial charge in [0.25, 0.3) is 0 Å². The van der Waals surface area contributed by atoms with Gasteiger partial charge in [-0.2, -0.15) is 13.2 Å². The number of hydrogen-bond donors (Lipinski definition) is 0. The summed E-state index contributed by atoms with van der Waals surface area (Å²) in [6, 6.07) is 2.54. The Morgan fingerprint density at radius 3 is 2.11 bits per heavy atom. The molecule has 0 atom stereocenters. The van der Waals surface area contributed by atoms with E-state index in [1.54, 1.807) is 0 Å². The summed E-state index contributed by atoms with van der Waals surface area (Å²) in [6.45, 7) is -2.28. The third-order valence-corrected chi connectivity index (χ3v) is 2.60. The zero-order chi connectivity index (χ0) is 13.9. The Kier molecular flexibility index (Phi) is 5.28. The SMILES string of the molecule is O=C(COCC(F)(F)F)c1c(Cl)cc(Cl)cc1Cl. The summed E-state index contributed by atoms with van der Waals surface area (Å²) in [5.74, 6) is -0.745. The highest BCUT2D eigenvalue weighted by Crippen LogP contribution is 2.29. The third kappa shape index (κ3) is 4.65. The zero-order valence-electron chi connectivity index (χ0n) is 8.65. The second-order valence-corrected chi connectivity index (χ2v) is 4.53. The quantitative estimate of drug-likeness (QED) is 0.768. The molecule has 0 aromatic heterocycles. The Morgan fingerprint density at radius 2 is 1.67 bits per heavy atom. The van der Waals surface area contributed by atoms with Crippen LogP contribution in [0.15, 0.2) is 12.1 Å². The molecule has 0 saturated carbocycles.